The maximum absolute atomic E-state index is 5.70. The molecule has 2 aromatic carbocycles. The van der Waals surface area contributed by atoms with Crippen LogP contribution in [-0.4, -0.2) is 5.75 Å². The summed E-state index contributed by atoms with van der Waals surface area (Å²) in [6.07, 6.45) is 0. The first kappa shape index (κ1) is 15.1. The zero-order valence-corrected chi connectivity index (χ0v) is 12.9. The summed E-state index contributed by atoms with van der Waals surface area (Å²) in [6.45, 7) is 4.41. The van der Waals surface area contributed by atoms with E-state index in [0.717, 1.165) is 5.75 Å². The highest BCUT2D eigenvalue weighted by Gasteiger charge is 2.10. The van der Waals surface area contributed by atoms with Crippen LogP contribution in [-0.2, 0) is 0 Å². The molecule has 0 spiro atoms. The molecule has 0 aliphatic carbocycles. The van der Waals surface area contributed by atoms with E-state index in [1.807, 2.05) is 17.8 Å². The smallest absolute Gasteiger partial charge is 0.0553 e. The van der Waals surface area contributed by atoms with Crippen molar-refractivity contribution in [3.05, 3.63) is 65.7 Å². The highest BCUT2D eigenvalue weighted by atomic mass is 32.2. The zero-order chi connectivity index (χ0) is 14.4. The molecule has 0 aromatic heterocycles. The van der Waals surface area contributed by atoms with Gasteiger partial charge >= 0.3 is 0 Å². The van der Waals surface area contributed by atoms with Gasteiger partial charge in [0.1, 0.15) is 0 Å². The first-order valence-corrected chi connectivity index (χ1v) is 7.93. The average Bonchev–Trinajstić information content (AvgIpc) is 2.49. The Hall–Kier alpha value is -1.29. The van der Waals surface area contributed by atoms with Gasteiger partial charge < -0.3 is 0 Å². The third kappa shape index (κ3) is 4.10. The van der Waals surface area contributed by atoms with Crippen molar-refractivity contribution in [3.8, 4) is 0 Å². The summed E-state index contributed by atoms with van der Waals surface area (Å²) in [4.78, 5) is 1.27. The maximum atomic E-state index is 5.70. The molecular formula is C17H22N2S. The summed E-state index contributed by atoms with van der Waals surface area (Å²) in [5.74, 6) is 7.18. The molecule has 0 fully saturated rings. The Morgan fingerprint density at radius 2 is 1.55 bits per heavy atom. The lowest BCUT2D eigenvalue weighted by atomic mass is 10.00. The van der Waals surface area contributed by atoms with Crippen molar-refractivity contribution in [2.45, 2.75) is 30.7 Å². The minimum Gasteiger partial charge on any atom is -0.271 e. The number of hydrogen-bond donors (Lipinski definition) is 2. The average molecular weight is 286 g/mol. The largest absolute Gasteiger partial charge is 0.271 e. The van der Waals surface area contributed by atoms with E-state index in [2.05, 4.69) is 67.8 Å². The van der Waals surface area contributed by atoms with E-state index in [1.54, 1.807) is 0 Å². The number of thioether (sulfide) groups is 1. The van der Waals surface area contributed by atoms with Crippen LogP contribution in [0.5, 0.6) is 0 Å². The first-order valence-electron chi connectivity index (χ1n) is 6.94. The predicted octanol–water partition coefficient (Wildman–Crippen LogP) is 4.11. The van der Waals surface area contributed by atoms with E-state index in [1.165, 1.54) is 16.0 Å². The number of rotatable bonds is 6. The van der Waals surface area contributed by atoms with E-state index >= 15 is 0 Å². The van der Waals surface area contributed by atoms with Gasteiger partial charge in [-0.25, -0.2) is 0 Å². The molecule has 1 atom stereocenters. The van der Waals surface area contributed by atoms with Crippen LogP contribution in [0.4, 0.5) is 0 Å². The molecule has 0 saturated heterocycles. The molecule has 106 valence electrons. The monoisotopic (exact) mass is 286 g/mol. The van der Waals surface area contributed by atoms with E-state index in [9.17, 15) is 0 Å². The Labute approximate surface area is 125 Å². The molecule has 20 heavy (non-hydrogen) atoms. The number of benzene rings is 2. The zero-order valence-electron chi connectivity index (χ0n) is 12.0. The standard InChI is InChI=1S/C17H22N2S/c1-13(2)14-8-10-15(11-9-14)17(19-18)12-20-16-6-4-3-5-7-16/h3-11,13,17,19H,12,18H2,1-2H3. The number of hydrazine groups is 1. The molecule has 0 heterocycles. The van der Waals surface area contributed by atoms with Crippen molar-refractivity contribution in [2.75, 3.05) is 5.75 Å². The molecule has 1 unspecified atom stereocenters. The van der Waals surface area contributed by atoms with Gasteiger partial charge in [-0.1, -0.05) is 56.3 Å². The van der Waals surface area contributed by atoms with Crippen molar-refractivity contribution in [1.82, 2.24) is 5.43 Å². The highest BCUT2D eigenvalue weighted by molar-refractivity contribution is 7.99. The van der Waals surface area contributed by atoms with Gasteiger partial charge in [0.2, 0.25) is 0 Å². The molecule has 2 aromatic rings. The third-order valence-corrected chi connectivity index (χ3v) is 4.47. The molecule has 3 N–H and O–H groups in total. The summed E-state index contributed by atoms with van der Waals surface area (Å²) in [5, 5.41) is 0. The van der Waals surface area contributed by atoms with Crippen molar-refractivity contribution < 1.29 is 0 Å². The van der Waals surface area contributed by atoms with Gasteiger partial charge in [-0.2, -0.15) is 0 Å². The van der Waals surface area contributed by atoms with Gasteiger partial charge in [0, 0.05) is 10.6 Å². The fraction of sp³-hybridized carbons (Fsp3) is 0.294. The van der Waals surface area contributed by atoms with E-state index in [0.29, 0.717) is 5.92 Å². The molecule has 3 heteroatoms. The summed E-state index contributed by atoms with van der Waals surface area (Å²) in [6, 6.07) is 19.3. The Balaban J connectivity index is 2.01. The van der Waals surface area contributed by atoms with Crippen molar-refractivity contribution in [2.24, 2.45) is 5.84 Å². The van der Waals surface area contributed by atoms with Gasteiger partial charge in [0.25, 0.3) is 0 Å². The molecule has 0 radical (unpaired) electrons. The molecule has 0 bridgehead atoms. The van der Waals surface area contributed by atoms with Crippen molar-refractivity contribution >= 4 is 11.8 Å². The van der Waals surface area contributed by atoms with Gasteiger partial charge in [-0.3, -0.25) is 11.3 Å². The van der Waals surface area contributed by atoms with Crippen LogP contribution in [0.2, 0.25) is 0 Å². The lowest BCUT2D eigenvalue weighted by Crippen LogP contribution is -2.29. The predicted molar refractivity (Wildman–Crippen MR) is 87.8 cm³/mol. The molecule has 0 aliphatic heterocycles. The fourth-order valence-electron chi connectivity index (χ4n) is 2.05. The van der Waals surface area contributed by atoms with Gasteiger partial charge in [0.15, 0.2) is 0 Å². The first-order chi connectivity index (χ1) is 9.70. The fourth-order valence-corrected chi connectivity index (χ4v) is 3.05. The topological polar surface area (TPSA) is 38.0 Å². The van der Waals surface area contributed by atoms with Crippen molar-refractivity contribution in [3.63, 3.8) is 0 Å². The Morgan fingerprint density at radius 3 is 2.10 bits per heavy atom. The van der Waals surface area contributed by atoms with Gasteiger partial charge in [0.05, 0.1) is 6.04 Å². The Kier molecular flexibility index (Phi) is 5.65. The molecule has 0 aliphatic rings. The second-order valence-electron chi connectivity index (χ2n) is 5.16. The number of hydrogen-bond acceptors (Lipinski definition) is 3. The Morgan fingerprint density at radius 1 is 0.950 bits per heavy atom. The van der Waals surface area contributed by atoms with Crippen LogP contribution in [0.1, 0.15) is 36.9 Å². The normalized spacial score (nSPS) is 12.6. The quantitative estimate of drug-likeness (QED) is 0.477. The second-order valence-corrected chi connectivity index (χ2v) is 6.26. The summed E-state index contributed by atoms with van der Waals surface area (Å²) in [5.41, 5.74) is 5.51. The lowest BCUT2D eigenvalue weighted by molar-refractivity contribution is 0.610. The van der Waals surface area contributed by atoms with Crippen LogP contribution in [0.3, 0.4) is 0 Å². The maximum Gasteiger partial charge on any atom is 0.0553 e. The van der Waals surface area contributed by atoms with E-state index < -0.39 is 0 Å². The summed E-state index contributed by atoms with van der Waals surface area (Å²) >= 11 is 1.82. The van der Waals surface area contributed by atoms with E-state index in [-0.39, 0.29) is 6.04 Å². The van der Waals surface area contributed by atoms with Crippen LogP contribution >= 0.6 is 11.8 Å². The minimum atomic E-state index is 0.168. The van der Waals surface area contributed by atoms with Crippen molar-refractivity contribution in [1.29, 1.82) is 0 Å². The van der Waals surface area contributed by atoms with Gasteiger partial charge in [-0.05, 0) is 29.2 Å². The minimum absolute atomic E-state index is 0.168. The van der Waals surface area contributed by atoms with Crippen LogP contribution in [0.25, 0.3) is 0 Å². The van der Waals surface area contributed by atoms with Gasteiger partial charge in [-0.15, -0.1) is 11.8 Å². The number of nitrogens with two attached hydrogens (primary N) is 1. The molecule has 2 nitrogen and oxygen atoms in total. The van der Waals surface area contributed by atoms with E-state index in [4.69, 9.17) is 5.84 Å². The molecule has 0 saturated carbocycles. The molecule has 2 rings (SSSR count). The number of nitrogens with one attached hydrogen (secondary N) is 1. The Bertz CT molecular complexity index is 508. The third-order valence-electron chi connectivity index (χ3n) is 3.37. The highest BCUT2D eigenvalue weighted by Crippen LogP contribution is 2.25. The SMILES string of the molecule is CC(C)c1ccc(C(CSc2ccccc2)NN)cc1. The molecule has 0 amide bonds. The summed E-state index contributed by atoms with van der Waals surface area (Å²) < 4.78 is 0. The second kappa shape index (κ2) is 7.48. The van der Waals surface area contributed by atoms with Crippen LogP contribution in [0.15, 0.2) is 59.5 Å². The lowest BCUT2D eigenvalue weighted by Gasteiger charge is -2.17. The van der Waals surface area contributed by atoms with Crippen LogP contribution < -0.4 is 11.3 Å². The molecular weight excluding hydrogens is 264 g/mol. The van der Waals surface area contributed by atoms with Crippen LogP contribution in [0, 0.1) is 0 Å². The summed E-state index contributed by atoms with van der Waals surface area (Å²) in [7, 11) is 0.